The molecule has 0 N–H and O–H groups in total. The van der Waals surface area contributed by atoms with Crippen LogP contribution in [-0.2, 0) is 16.0 Å². The standard InChI is InChI=1S/C22H33N3O3/c1-23(22(27)17-25-13-6-10-21(25)26)15-18-7-5-12-24(16-18)14-11-19-8-3-4-9-20(19)28-2/h3-4,8-9,18H,5-7,10-17H2,1-2H3/t18-/m1/s1. The number of piperidine rings is 1. The first-order valence-corrected chi connectivity index (χ1v) is 10.4. The van der Waals surface area contributed by atoms with Gasteiger partial charge in [0.05, 0.1) is 13.7 Å². The SMILES string of the molecule is COc1ccccc1CCN1CCC[C@H](CN(C)C(=O)CN2CCCC2=O)C1. The summed E-state index contributed by atoms with van der Waals surface area (Å²) in [6.07, 6.45) is 4.76. The molecule has 0 bridgehead atoms. The second-order valence-electron chi connectivity index (χ2n) is 8.06. The molecule has 0 spiro atoms. The maximum Gasteiger partial charge on any atom is 0.241 e. The molecule has 2 aliphatic rings. The molecule has 0 radical (unpaired) electrons. The Balaban J connectivity index is 1.45. The van der Waals surface area contributed by atoms with E-state index < -0.39 is 0 Å². The maximum absolute atomic E-state index is 12.5. The van der Waals surface area contributed by atoms with Crippen molar-refractivity contribution >= 4 is 11.8 Å². The molecule has 6 heteroatoms. The highest BCUT2D eigenvalue weighted by atomic mass is 16.5. The number of likely N-dealkylation sites (tertiary alicyclic amines) is 2. The van der Waals surface area contributed by atoms with Crippen molar-refractivity contribution in [2.24, 2.45) is 5.92 Å². The van der Waals surface area contributed by atoms with Crippen molar-refractivity contribution in [2.75, 3.05) is 53.4 Å². The molecule has 0 saturated carbocycles. The van der Waals surface area contributed by atoms with Gasteiger partial charge in [0.15, 0.2) is 0 Å². The van der Waals surface area contributed by atoms with Crippen LogP contribution >= 0.6 is 0 Å². The number of ether oxygens (including phenoxy) is 1. The van der Waals surface area contributed by atoms with Crippen molar-refractivity contribution in [3.05, 3.63) is 29.8 Å². The lowest BCUT2D eigenvalue weighted by Gasteiger charge is -2.35. The van der Waals surface area contributed by atoms with Gasteiger partial charge >= 0.3 is 0 Å². The predicted molar refractivity (Wildman–Crippen MR) is 109 cm³/mol. The van der Waals surface area contributed by atoms with Gasteiger partial charge in [0.25, 0.3) is 0 Å². The van der Waals surface area contributed by atoms with Crippen molar-refractivity contribution in [2.45, 2.75) is 32.1 Å². The van der Waals surface area contributed by atoms with Crippen LogP contribution in [0.5, 0.6) is 5.75 Å². The van der Waals surface area contributed by atoms with Gasteiger partial charge in [-0.2, -0.15) is 0 Å². The number of carbonyl (C=O) groups excluding carboxylic acids is 2. The van der Waals surface area contributed by atoms with Gasteiger partial charge in [-0.05, 0) is 49.8 Å². The number of para-hydroxylation sites is 1. The van der Waals surface area contributed by atoms with E-state index in [1.807, 2.05) is 24.1 Å². The summed E-state index contributed by atoms with van der Waals surface area (Å²) in [5.41, 5.74) is 1.25. The molecule has 0 aromatic heterocycles. The molecule has 1 aromatic carbocycles. The van der Waals surface area contributed by atoms with Gasteiger partial charge in [-0.3, -0.25) is 9.59 Å². The number of hydrogen-bond acceptors (Lipinski definition) is 4. The number of rotatable bonds is 8. The summed E-state index contributed by atoms with van der Waals surface area (Å²) in [5.74, 6) is 1.62. The quantitative estimate of drug-likeness (QED) is 0.685. The van der Waals surface area contributed by atoms with Gasteiger partial charge in [0, 0.05) is 39.6 Å². The van der Waals surface area contributed by atoms with Crippen molar-refractivity contribution in [1.29, 1.82) is 0 Å². The lowest BCUT2D eigenvalue weighted by Crippen LogP contribution is -2.45. The van der Waals surface area contributed by atoms with E-state index in [4.69, 9.17) is 4.74 Å². The molecular formula is C22H33N3O3. The van der Waals surface area contributed by atoms with Crippen LogP contribution in [0.15, 0.2) is 24.3 Å². The zero-order valence-corrected chi connectivity index (χ0v) is 17.2. The van der Waals surface area contributed by atoms with Gasteiger partial charge in [-0.1, -0.05) is 18.2 Å². The van der Waals surface area contributed by atoms with Crippen molar-refractivity contribution in [3.8, 4) is 5.75 Å². The molecule has 3 rings (SSSR count). The molecule has 2 heterocycles. The Morgan fingerprint density at radius 3 is 2.82 bits per heavy atom. The number of carbonyl (C=O) groups is 2. The monoisotopic (exact) mass is 387 g/mol. The minimum atomic E-state index is 0.0568. The fourth-order valence-corrected chi connectivity index (χ4v) is 4.34. The smallest absolute Gasteiger partial charge is 0.241 e. The first-order valence-electron chi connectivity index (χ1n) is 10.4. The summed E-state index contributed by atoms with van der Waals surface area (Å²) in [4.78, 5) is 30.2. The Hall–Kier alpha value is -2.08. The molecule has 6 nitrogen and oxygen atoms in total. The van der Waals surface area contributed by atoms with Crippen molar-refractivity contribution in [3.63, 3.8) is 0 Å². The largest absolute Gasteiger partial charge is 0.496 e. The Morgan fingerprint density at radius 2 is 2.07 bits per heavy atom. The van der Waals surface area contributed by atoms with Crippen LogP contribution in [0.3, 0.4) is 0 Å². The molecule has 154 valence electrons. The maximum atomic E-state index is 12.5. The molecule has 28 heavy (non-hydrogen) atoms. The Kier molecular flexibility index (Phi) is 7.31. The second kappa shape index (κ2) is 9.92. The van der Waals surface area contributed by atoms with Crippen molar-refractivity contribution in [1.82, 2.24) is 14.7 Å². The van der Waals surface area contributed by atoms with E-state index in [9.17, 15) is 9.59 Å². The summed E-state index contributed by atoms with van der Waals surface area (Å²) < 4.78 is 5.46. The molecule has 2 amide bonds. The molecule has 2 fully saturated rings. The zero-order chi connectivity index (χ0) is 19.9. The molecule has 1 aromatic rings. The molecule has 0 aliphatic carbocycles. The highest BCUT2D eigenvalue weighted by molar-refractivity contribution is 5.85. The van der Waals surface area contributed by atoms with E-state index in [0.29, 0.717) is 12.3 Å². The fraction of sp³-hybridized carbons (Fsp3) is 0.636. The third kappa shape index (κ3) is 5.47. The van der Waals surface area contributed by atoms with E-state index in [1.54, 1.807) is 12.0 Å². The molecule has 2 aliphatic heterocycles. The molecule has 1 atom stereocenters. The highest BCUT2D eigenvalue weighted by Crippen LogP contribution is 2.21. The summed E-state index contributed by atoms with van der Waals surface area (Å²) in [7, 11) is 3.59. The van der Waals surface area contributed by atoms with Gasteiger partial charge < -0.3 is 19.4 Å². The first-order chi connectivity index (χ1) is 13.6. The van der Waals surface area contributed by atoms with E-state index in [2.05, 4.69) is 17.0 Å². The fourth-order valence-electron chi connectivity index (χ4n) is 4.34. The highest BCUT2D eigenvalue weighted by Gasteiger charge is 2.26. The lowest BCUT2D eigenvalue weighted by molar-refractivity contribution is -0.138. The van der Waals surface area contributed by atoms with E-state index in [0.717, 1.165) is 57.7 Å². The van der Waals surface area contributed by atoms with Crippen LogP contribution in [0.25, 0.3) is 0 Å². The number of amides is 2. The molecule has 0 unspecified atom stereocenters. The summed E-state index contributed by atoms with van der Waals surface area (Å²) in [6.45, 7) is 4.88. The molecular weight excluding hydrogens is 354 g/mol. The van der Waals surface area contributed by atoms with Crippen LogP contribution < -0.4 is 4.74 Å². The first kappa shape index (κ1) is 20.6. The Bertz CT molecular complexity index is 679. The summed E-state index contributed by atoms with van der Waals surface area (Å²) in [6, 6.07) is 8.21. The predicted octanol–water partition coefficient (Wildman–Crippen LogP) is 2.03. The van der Waals surface area contributed by atoms with Crippen LogP contribution in [-0.4, -0.2) is 79.9 Å². The van der Waals surface area contributed by atoms with E-state index in [-0.39, 0.29) is 18.4 Å². The minimum Gasteiger partial charge on any atom is -0.496 e. The average molecular weight is 388 g/mol. The van der Waals surface area contributed by atoms with E-state index in [1.165, 1.54) is 12.0 Å². The van der Waals surface area contributed by atoms with Gasteiger partial charge in [-0.25, -0.2) is 0 Å². The number of methoxy groups -OCH3 is 1. The van der Waals surface area contributed by atoms with E-state index >= 15 is 0 Å². The van der Waals surface area contributed by atoms with Crippen LogP contribution in [0.2, 0.25) is 0 Å². The second-order valence-corrected chi connectivity index (χ2v) is 8.06. The lowest BCUT2D eigenvalue weighted by atomic mass is 9.97. The van der Waals surface area contributed by atoms with Gasteiger partial charge in [0.2, 0.25) is 11.8 Å². The Morgan fingerprint density at radius 1 is 1.25 bits per heavy atom. The average Bonchev–Trinajstić information content (AvgIpc) is 3.11. The van der Waals surface area contributed by atoms with Gasteiger partial charge in [0.1, 0.15) is 5.75 Å². The van der Waals surface area contributed by atoms with Crippen molar-refractivity contribution < 1.29 is 14.3 Å². The number of nitrogens with zero attached hydrogens (tertiary/aromatic N) is 3. The van der Waals surface area contributed by atoms with Crippen LogP contribution in [0, 0.1) is 5.92 Å². The third-order valence-electron chi connectivity index (χ3n) is 5.95. The topological polar surface area (TPSA) is 53.1 Å². The summed E-state index contributed by atoms with van der Waals surface area (Å²) in [5, 5.41) is 0. The van der Waals surface area contributed by atoms with Gasteiger partial charge in [-0.15, -0.1) is 0 Å². The Labute approximate surface area is 168 Å². The van der Waals surface area contributed by atoms with Crippen LogP contribution in [0.1, 0.15) is 31.2 Å². The number of likely N-dealkylation sites (N-methyl/N-ethyl adjacent to an activating group) is 1. The van der Waals surface area contributed by atoms with Crippen LogP contribution in [0.4, 0.5) is 0 Å². The molecule has 2 saturated heterocycles. The number of hydrogen-bond donors (Lipinski definition) is 0. The normalized spacial score (nSPS) is 20.4. The zero-order valence-electron chi connectivity index (χ0n) is 17.2. The summed E-state index contributed by atoms with van der Waals surface area (Å²) >= 11 is 0. The third-order valence-corrected chi connectivity index (χ3v) is 5.95. The minimum absolute atomic E-state index is 0.0568. The number of benzene rings is 1.